The molecule has 214 valence electrons. The maximum Gasteiger partial charge on any atom is 0.129 e. The van der Waals surface area contributed by atoms with Crippen molar-refractivity contribution in [1.29, 1.82) is 0 Å². The number of para-hydroxylation sites is 1. The molecule has 0 amide bonds. The number of anilines is 1. The fourth-order valence-corrected chi connectivity index (χ4v) is 5.34. The summed E-state index contributed by atoms with van der Waals surface area (Å²) in [6.45, 7) is 0.805. The van der Waals surface area contributed by atoms with Gasteiger partial charge in [0.05, 0.1) is 12.4 Å². The minimum Gasteiger partial charge on any atom is -0.457 e. The molecular formula is C38H30N4O2. The molecule has 2 aromatic heterocycles. The highest BCUT2D eigenvalue weighted by atomic mass is 16.5. The topological polar surface area (TPSA) is 50.7 Å². The number of aromatic nitrogens is 2. The van der Waals surface area contributed by atoms with Gasteiger partial charge in [0.2, 0.25) is 0 Å². The van der Waals surface area contributed by atoms with E-state index in [0.717, 1.165) is 68.9 Å². The van der Waals surface area contributed by atoms with E-state index in [9.17, 15) is 0 Å². The monoisotopic (exact) mass is 574 g/mol. The highest BCUT2D eigenvalue weighted by molar-refractivity contribution is 5.92. The van der Waals surface area contributed by atoms with Gasteiger partial charge in [-0.15, -0.1) is 0 Å². The quantitative estimate of drug-likeness (QED) is 0.181. The third-order valence-corrected chi connectivity index (χ3v) is 7.39. The molecule has 6 nitrogen and oxygen atoms in total. The average Bonchev–Trinajstić information content (AvgIpc) is 3.52. The minimum absolute atomic E-state index is 0.733. The van der Waals surface area contributed by atoms with Gasteiger partial charge in [0.25, 0.3) is 0 Å². The number of hydrogen-bond acceptors (Lipinski definition) is 6. The molecule has 0 N–H and O–H groups in total. The maximum atomic E-state index is 6.38. The van der Waals surface area contributed by atoms with Crippen molar-refractivity contribution in [3.05, 3.63) is 152 Å². The molecule has 1 aliphatic heterocycles. The van der Waals surface area contributed by atoms with Crippen LogP contribution in [0.4, 0.5) is 5.69 Å². The van der Waals surface area contributed by atoms with Crippen molar-refractivity contribution in [3.8, 4) is 56.5 Å². The van der Waals surface area contributed by atoms with Gasteiger partial charge in [0.1, 0.15) is 23.0 Å². The van der Waals surface area contributed by atoms with Gasteiger partial charge in [-0.2, -0.15) is 0 Å². The Balaban J connectivity index is 1.25. The lowest BCUT2D eigenvalue weighted by Crippen LogP contribution is -2.21. The van der Waals surface area contributed by atoms with Crippen LogP contribution in [0, 0.1) is 0 Å². The lowest BCUT2D eigenvalue weighted by molar-refractivity contribution is 0.481. The van der Waals surface area contributed by atoms with Crippen molar-refractivity contribution in [2.75, 3.05) is 18.6 Å². The van der Waals surface area contributed by atoms with Gasteiger partial charge in [0, 0.05) is 66.5 Å². The van der Waals surface area contributed by atoms with Crippen molar-refractivity contribution >= 4 is 5.69 Å². The Morgan fingerprint density at radius 1 is 0.591 bits per heavy atom. The lowest BCUT2D eigenvalue weighted by Gasteiger charge is -2.19. The first-order valence-corrected chi connectivity index (χ1v) is 14.5. The Hall–Kier alpha value is -5.88. The van der Waals surface area contributed by atoms with Crippen LogP contribution in [-0.4, -0.2) is 28.6 Å². The Morgan fingerprint density at radius 3 is 2.02 bits per heavy atom. The summed E-state index contributed by atoms with van der Waals surface area (Å²) in [5.74, 6) is 3.06. The second-order valence-electron chi connectivity index (χ2n) is 10.6. The molecule has 0 radical (unpaired) electrons. The smallest absolute Gasteiger partial charge is 0.129 e. The molecule has 6 heteroatoms. The molecule has 0 bridgehead atoms. The van der Waals surface area contributed by atoms with Crippen LogP contribution in [0.3, 0.4) is 0 Å². The van der Waals surface area contributed by atoms with Gasteiger partial charge in [-0.25, -0.2) is 0 Å². The summed E-state index contributed by atoms with van der Waals surface area (Å²) < 4.78 is 12.5. The van der Waals surface area contributed by atoms with Crippen LogP contribution < -0.4 is 14.4 Å². The number of nitrogens with zero attached hydrogens (tertiary/aromatic N) is 4. The van der Waals surface area contributed by atoms with Crippen LogP contribution in [0.1, 0.15) is 0 Å². The summed E-state index contributed by atoms with van der Waals surface area (Å²) in [6, 6.07) is 40.2. The molecule has 6 aromatic rings. The molecular weight excluding hydrogens is 544 g/mol. The predicted molar refractivity (Wildman–Crippen MR) is 176 cm³/mol. The number of benzene rings is 4. The van der Waals surface area contributed by atoms with Crippen LogP contribution in [-0.2, 0) is 0 Å². The van der Waals surface area contributed by atoms with Crippen LogP contribution in [0.5, 0.6) is 23.0 Å². The third kappa shape index (κ3) is 5.87. The largest absolute Gasteiger partial charge is 0.457 e. The number of ether oxygens (including phenoxy) is 2. The molecule has 7 rings (SSSR count). The van der Waals surface area contributed by atoms with E-state index in [1.807, 2.05) is 97.3 Å². The summed E-state index contributed by atoms with van der Waals surface area (Å²) >= 11 is 0. The molecule has 4 aromatic carbocycles. The van der Waals surface area contributed by atoms with Crippen LogP contribution in [0.2, 0.25) is 0 Å². The highest BCUT2D eigenvalue weighted by Crippen LogP contribution is 2.40. The maximum absolute atomic E-state index is 6.38. The van der Waals surface area contributed by atoms with Crippen molar-refractivity contribution in [2.24, 2.45) is 0 Å². The van der Waals surface area contributed by atoms with E-state index in [1.165, 1.54) is 0 Å². The van der Waals surface area contributed by atoms with E-state index in [0.29, 0.717) is 0 Å². The summed E-state index contributed by atoms with van der Waals surface area (Å²) in [7, 11) is 2.06. The minimum atomic E-state index is 0.733. The third-order valence-electron chi connectivity index (χ3n) is 7.39. The van der Waals surface area contributed by atoms with E-state index < -0.39 is 0 Å². The van der Waals surface area contributed by atoms with Crippen LogP contribution in [0.15, 0.2) is 152 Å². The molecule has 0 saturated heterocycles. The lowest BCUT2D eigenvalue weighted by atomic mass is 9.92. The van der Waals surface area contributed by atoms with Crippen molar-refractivity contribution < 1.29 is 9.47 Å². The molecule has 0 saturated carbocycles. The Morgan fingerprint density at radius 2 is 1.27 bits per heavy atom. The SMILES string of the molecule is CN1C=CN(c2cccc(Oc3cccc(-c4nccc(-c5cccc(Oc6ccccc6)c5)c4-c4cccnc4)c3)c2)C1. The summed E-state index contributed by atoms with van der Waals surface area (Å²) in [5, 5.41) is 0. The first kappa shape index (κ1) is 27.0. The zero-order chi connectivity index (χ0) is 29.7. The summed E-state index contributed by atoms with van der Waals surface area (Å²) in [5.41, 5.74) is 6.88. The van der Waals surface area contributed by atoms with Gasteiger partial charge in [-0.3, -0.25) is 9.97 Å². The van der Waals surface area contributed by atoms with Crippen molar-refractivity contribution in [3.63, 3.8) is 0 Å². The Labute approximate surface area is 257 Å². The van der Waals surface area contributed by atoms with Crippen molar-refractivity contribution in [1.82, 2.24) is 14.9 Å². The number of hydrogen-bond donors (Lipinski definition) is 0. The Bertz CT molecular complexity index is 1930. The van der Waals surface area contributed by atoms with Crippen molar-refractivity contribution in [2.45, 2.75) is 0 Å². The molecule has 0 aliphatic carbocycles. The van der Waals surface area contributed by atoms with Gasteiger partial charge in [-0.1, -0.05) is 54.6 Å². The van der Waals surface area contributed by atoms with Crippen LogP contribution >= 0.6 is 0 Å². The summed E-state index contributed by atoms with van der Waals surface area (Å²) in [4.78, 5) is 13.6. The van der Waals surface area contributed by atoms with Gasteiger partial charge < -0.3 is 19.3 Å². The van der Waals surface area contributed by atoms with Gasteiger partial charge in [0.15, 0.2) is 0 Å². The molecule has 0 spiro atoms. The molecule has 1 aliphatic rings. The molecule has 3 heterocycles. The van der Waals surface area contributed by atoms with E-state index in [1.54, 1.807) is 6.20 Å². The zero-order valence-corrected chi connectivity index (χ0v) is 24.2. The molecule has 0 fully saturated rings. The number of rotatable bonds is 8. The van der Waals surface area contributed by atoms with E-state index >= 15 is 0 Å². The van der Waals surface area contributed by atoms with Crippen LogP contribution in [0.25, 0.3) is 33.5 Å². The van der Waals surface area contributed by atoms with Gasteiger partial charge >= 0.3 is 0 Å². The molecule has 0 unspecified atom stereocenters. The van der Waals surface area contributed by atoms with Gasteiger partial charge in [-0.05, 0) is 71.8 Å². The normalized spacial score (nSPS) is 12.4. The van der Waals surface area contributed by atoms with E-state index in [2.05, 4.69) is 70.6 Å². The predicted octanol–water partition coefficient (Wildman–Crippen LogP) is 9.24. The first-order valence-electron chi connectivity index (χ1n) is 14.5. The second kappa shape index (κ2) is 12.2. The fraction of sp³-hybridized carbons (Fsp3) is 0.0526. The molecule has 44 heavy (non-hydrogen) atoms. The average molecular weight is 575 g/mol. The Kier molecular flexibility index (Phi) is 7.45. The number of pyridine rings is 2. The van der Waals surface area contributed by atoms with E-state index in [4.69, 9.17) is 14.5 Å². The summed E-state index contributed by atoms with van der Waals surface area (Å²) in [6.07, 6.45) is 9.65. The zero-order valence-electron chi connectivity index (χ0n) is 24.2. The fourth-order valence-electron chi connectivity index (χ4n) is 5.34. The van der Waals surface area contributed by atoms with E-state index in [-0.39, 0.29) is 0 Å². The second-order valence-corrected chi connectivity index (χ2v) is 10.6. The first-order chi connectivity index (χ1) is 21.7. The molecule has 0 atom stereocenters. The standard InChI is InChI=1S/C38H30N4O2/c1-41-21-22-42(27-41)31-12-7-17-35(25-31)44-34-16-6-10-29(24-34)38-37(30-11-8-19-39-26-30)36(18-20-40-38)28-9-5-15-33(23-28)43-32-13-3-2-4-14-32/h2-26H,27H2,1H3. The highest BCUT2D eigenvalue weighted by Gasteiger charge is 2.17.